The molecule has 0 amide bonds. The van der Waals surface area contributed by atoms with Crippen molar-refractivity contribution in [2.24, 2.45) is 25.6 Å². The number of hydrogen-bond donors (Lipinski definition) is 5. The maximum atomic E-state index is 12.9. The molecule has 33 nitrogen and oxygen atoms in total. The molecule has 1 atom stereocenters. The van der Waals surface area contributed by atoms with Crippen molar-refractivity contribution >= 4 is 77.9 Å². The Kier molecular flexibility index (Phi) is 25.1. The largest absolute Gasteiger partial charge is 0.368 e. The fraction of sp³-hybridized carbons (Fsp3) is 0.260. The van der Waals surface area contributed by atoms with E-state index in [0.717, 1.165) is 195 Å². The molecule has 23 rings (SSSR count). The molecule has 2 aromatic carbocycles. The summed E-state index contributed by atoms with van der Waals surface area (Å²) in [5.74, 6) is 6.20. The highest BCUT2D eigenvalue weighted by molar-refractivity contribution is 5.88. The highest BCUT2D eigenvalue weighted by Crippen LogP contribution is 2.32. The highest BCUT2D eigenvalue weighted by Gasteiger charge is 2.23. The van der Waals surface area contributed by atoms with Crippen LogP contribution in [0.2, 0.25) is 0 Å². The number of nitrogens with two attached hydrogens (primary N) is 2. The van der Waals surface area contributed by atoms with Gasteiger partial charge in [-0.2, -0.15) is 20.4 Å². The second kappa shape index (κ2) is 38.2. The number of piperidine rings is 1. The number of rotatable bonds is 11. The summed E-state index contributed by atoms with van der Waals surface area (Å²) in [4.78, 5) is 103. The number of anilines is 1. The first kappa shape index (κ1) is 90.2. The Morgan fingerprint density at radius 2 is 0.934 bits per heavy atom. The van der Waals surface area contributed by atoms with Crippen LogP contribution in [-0.2, 0) is 20.5 Å². The lowest BCUT2D eigenvalue weighted by Crippen LogP contribution is -2.49. The van der Waals surface area contributed by atoms with E-state index in [0.29, 0.717) is 92.2 Å². The zero-order valence-electron chi connectivity index (χ0n) is 78.2. The third kappa shape index (κ3) is 19.2. The summed E-state index contributed by atoms with van der Waals surface area (Å²) in [6, 6.07) is 41.8. The van der Waals surface area contributed by atoms with Gasteiger partial charge in [-0.25, -0.2) is 34.0 Å². The molecule has 2 saturated heterocycles. The van der Waals surface area contributed by atoms with Gasteiger partial charge in [-0.05, 0) is 251 Å². The zero-order valence-corrected chi connectivity index (χ0v) is 78.2. The molecule has 18 aromatic heterocycles. The third-order valence-corrected chi connectivity index (χ3v) is 25.0. The van der Waals surface area contributed by atoms with E-state index in [2.05, 4.69) is 121 Å². The van der Waals surface area contributed by atoms with Crippen LogP contribution in [0, 0.1) is 67.2 Å². The van der Waals surface area contributed by atoms with E-state index in [4.69, 9.17) is 26.4 Å². The molecule has 0 aliphatic carbocycles. The molecule has 7 N–H and O–H groups in total. The first-order valence-corrected chi connectivity index (χ1v) is 45.9. The molecule has 0 radical (unpaired) electrons. The van der Waals surface area contributed by atoms with Crippen molar-refractivity contribution < 1.29 is 0 Å². The summed E-state index contributed by atoms with van der Waals surface area (Å²) in [6.45, 7) is 25.5. The fourth-order valence-corrected chi connectivity index (χ4v) is 18.3. The van der Waals surface area contributed by atoms with Gasteiger partial charge in [0.1, 0.15) is 39.6 Å². The van der Waals surface area contributed by atoms with E-state index < -0.39 is 0 Å². The zero-order chi connectivity index (χ0) is 95.1. The highest BCUT2D eigenvalue weighted by atomic mass is 16.1. The second-order valence-electron chi connectivity index (χ2n) is 35.4. The molecule has 0 spiro atoms. The van der Waals surface area contributed by atoms with Gasteiger partial charge in [0.25, 0.3) is 27.8 Å². The molecule has 33 heteroatoms. The summed E-state index contributed by atoms with van der Waals surface area (Å²) in [5.41, 5.74) is 39.6. The fourth-order valence-electron chi connectivity index (χ4n) is 18.3. The lowest BCUT2D eigenvalue weighted by Gasteiger charge is -2.33. The summed E-state index contributed by atoms with van der Waals surface area (Å²) < 4.78 is 17.2. The molecule has 2 fully saturated rings. The number of hydrogen-bond acceptors (Lipinski definition) is 23. The topological polar surface area (TPSA) is 377 Å². The predicted octanol–water partition coefficient (Wildman–Crippen LogP) is 11.6. The van der Waals surface area contributed by atoms with Crippen LogP contribution in [0.4, 0.5) is 5.69 Å². The van der Waals surface area contributed by atoms with Crippen molar-refractivity contribution in [3.63, 3.8) is 0 Å². The average molecular weight is 1830 g/mol. The van der Waals surface area contributed by atoms with Crippen LogP contribution in [-0.4, -0.2) is 170 Å². The molecule has 137 heavy (non-hydrogen) atoms. The molecule has 0 saturated carbocycles. The number of aryl methyl sites for hydroxylation is 11. The van der Waals surface area contributed by atoms with Gasteiger partial charge >= 0.3 is 0 Å². The average Bonchev–Trinajstić information content (AvgIpc) is 1.62. The minimum atomic E-state index is -0.190. The standard InChI is InChI=1S/C22H24N6O.C22H21N5O.C22H23N5O.C19H20N6O.C19H16N6O/c1-14-8-16(9-17-12-26(3)25-22(14)17)19-10-21(29)28-13-18(4-5-20(28)24-19)27-7-6-23-15(2)11-27;1-14-11-26-12-18(9-20(26)15(2)24-14)19-10-22(28)27-13-17(3-4-21(27)25-19)16-5-7-23-8-6-16;1-14-9-17(10-18-12-26(2)25-22(14)18)19-11-21(28)27-13-16(3-4-20(27)24-19)15-5-7-23-8-6-15;2*1-12-10-25-17(13(2)21-12)8-16(23-25)15-9-19(26)24-11-14(4-3-7-20)5-6-18(24)22-15/h4-5,8-10,12-13,15,23H,6-7,11H2,1-3H3;3-5,9-13,23H,6-8H2,1-2H3;3-4,9-13,15,23H,5-8H2,1-2H3;5-6,8-11H,3-4,7,20H2,1-2H3;5-6,8-11H,7,20H2,1-2H3/t15-;;;;/m1..../s1. The predicted molar refractivity (Wildman–Crippen MR) is 536 cm³/mol. The van der Waals surface area contributed by atoms with Gasteiger partial charge in [0.15, 0.2) is 0 Å². The summed E-state index contributed by atoms with van der Waals surface area (Å²) in [5, 5.41) is 30.3. The molecule has 690 valence electrons. The number of nitrogens with one attached hydrogen (secondary N) is 3. The van der Waals surface area contributed by atoms with E-state index in [-0.39, 0.29) is 34.3 Å². The van der Waals surface area contributed by atoms with Crippen LogP contribution in [0.5, 0.6) is 0 Å². The Bertz CT molecular complexity index is 8600. The summed E-state index contributed by atoms with van der Waals surface area (Å²) >= 11 is 0. The number of aromatic nitrogens is 22. The second-order valence-corrected chi connectivity index (χ2v) is 35.4. The van der Waals surface area contributed by atoms with Gasteiger partial charge in [0, 0.05) is 165 Å². The molecular formula is C104H104N28O5. The maximum Gasteiger partial charge on any atom is 0.258 e. The summed E-state index contributed by atoms with van der Waals surface area (Å²) in [7, 11) is 3.83. The Labute approximate surface area is 785 Å². The van der Waals surface area contributed by atoms with Crippen LogP contribution in [0.1, 0.15) is 106 Å². The van der Waals surface area contributed by atoms with Crippen molar-refractivity contribution in [2.45, 2.75) is 106 Å². The van der Waals surface area contributed by atoms with E-state index in [1.54, 1.807) is 57.1 Å². The van der Waals surface area contributed by atoms with E-state index in [1.807, 2.05) is 212 Å². The van der Waals surface area contributed by atoms with Crippen LogP contribution in [0.25, 0.3) is 129 Å². The first-order chi connectivity index (χ1) is 66.2. The van der Waals surface area contributed by atoms with Crippen molar-refractivity contribution in [1.29, 1.82) is 0 Å². The SMILES string of the molecule is Cc1cc(-c2cc(=O)n3cc(C4CCNCC4)ccc3n2)cc2cn(C)nc12.Cc1cc(-c2cc(=O)n3cc(N4CCN[C@H](C)C4)ccc3n2)cc2cn(C)nc12.Cc1cn2cc(-c3cc(=O)n4cc(C5=CCNCC5)ccc4n3)cc2c(C)n1.Cc1cn2nc(-c3cc(=O)n4cc(C#CCN)ccc4n3)cc2c(C)n1.Cc1cn2nc(-c3cc(=O)n4cc(CCCN)ccc4n3)cc2c(C)n1. The lowest BCUT2D eigenvalue weighted by molar-refractivity contribution is 0.459. The Morgan fingerprint density at radius 3 is 1.50 bits per heavy atom. The van der Waals surface area contributed by atoms with Gasteiger partial charge in [-0.3, -0.25) is 70.3 Å². The smallest absolute Gasteiger partial charge is 0.258 e. The number of nitrogens with zero attached hydrogens (tertiary/aromatic N) is 23. The Morgan fingerprint density at radius 1 is 0.431 bits per heavy atom. The van der Waals surface area contributed by atoms with Crippen LogP contribution in [0.3, 0.4) is 0 Å². The Balaban J connectivity index is 0.000000110. The molecule has 3 aliphatic rings. The van der Waals surface area contributed by atoms with Crippen LogP contribution >= 0.6 is 0 Å². The monoisotopic (exact) mass is 1820 g/mol. The van der Waals surface area contributed by atoms with Gasteiger partial charge in [0.05, 0.1) is 115 Å². The summed E-state index contributed by atoms with van der Waals surface area (Å²) in [6.07, 6.45) is 28.1. The number of piperazine rings is 1. The van der Waals surface area contributed by atoms with Crippen LogP contribution in [0.15, 0.2) is 232 Å². The molecule has 0 unspecified atom stereocenters. The Hall–Kier alpha value is -16.0. The maximum absolute atomic E-state index is 12.9. The van der Waals surface area contributed by atoms with Crippen molar-refractivity contribution in [1.82, 2.24) is 121 Å². The van der Waals surface area contributed by atoms with Crippen molar-refractivity contribution in [2.75, 3.05) is 63.8 Å². The first-order valence-electron chi connectivity index (χ1n) is 45.9. The van der Waals surface area contributed by atoms with E-state index in [1.165, 1.54) is 27.7 Å². The normalized spacial score (nSPS) is 14.1. The minimum Gasteiger partial charge on any atom is -0.368 e. The van der Waals surface area contributed by atoms with Crippen molar-refractivity contribution in [3.8, 4) is 68.4 Å². The molecular weight excluding hydrogens is 1720 g/mol. The van der Waals surface area contributed by atoms with Gasteiger partial charge in [-0.1, -0.05) is 30.0 Å². The number of benzene rings is 2. The third-order valence-electron chi connectivity index (χ3n) is 25.0. The van der Waals surface area contributed by atoms with Gasteiger partial charge < -0.3 is 36.7 Å². The van der Waals surface area contributed by atoms with Gasteiger partial charge in [0.2, 0.25) is 0 Å². The quantitative estimate of drug-likeness (QED) is 0.0751. The minimum absolute atomic E-state index is 0.0419. The van der Waals surface area contributed by atoms with Gasteiger partial charge in [-0.15, -0.1) is 0 Å². The number of pyridine rings is 5. The van der Waals surface area contributed by atoms with Crippen molar-refractivity contribution in [3.05, 3.63) is 327 Å². The molecule has 3 aliphatic heterocycles. The van der Waals surface area contributed by atoms with E-state index >= 15 is 0 Å². The molecule has 20 aromatic rings. The lowest BCUT2D eigenvalue weighted by atomic mass is 9.91. The molecule has 21 heterocycles. The number of fused-ring (bicyclic) bond motifs is 10. The van der Waals surface area contributed by atoms with E-state index in [9.17, 15) is 24.0 Å². The molecule has 0 bridgehead atoms. The van der Waals surface area contributed by atoms with Crippen LogP contribution < -0.4 is 60.1 Å².